The Bertz CT molecular complexity index is 984. The Hall–Kier alpha value is -2.29. The molecule has 4 rings (SSSR count). The van der Waals surface area contributed by atoms with Crippen molar-refractivity contribution in [3.63, 3.8) is 0 Å². The van der Waals surface area contributed by atoms with Crippen molar-refractivity contribution in [3.8, 4) is 11.1 Å². The van der Waals surface area contributed by atoms with Crippen LogP contribution in [0.4, 0.5) is 5.69 Å². The molecule has 1 fully saturated rings. The SMILES string of the molecule is C[Si](C)(C)CCOCn1cc(-c2ccnnc2)c2c(N3CCC[C@H](N)C3)ccnc21. The largest absolute Gasteiger partial charge is 0.369 e. The highest BCUT2D eigenvalue weighted by molar-refractivity contribution is 6.76. The Morgan fingerprint density at radius 2 is 2.07 bits per heavy atom. The minimum Gasteiger partial charge on any atom is -0.369 e. The van der Waals surface area contributed by atoms with Crippen LogP contribution in [0, 0.1) is 0 Å². The number of anilines is 1. The van der Waals surface area contributed by atoms with Gasteiger partial charge >= 0.3 is 0 Å². The van der Waals surface area contributed by atoms with Crippen LogP contribution in [0.25, 0.3) is 22.2 Å². The fourth-order valence-electron chi connectivity index (χ4n) is 4.00. The van der Waals surface area contributed by atoms with Crippen molar-refractivity contribution >= 4 is 24.8 Å². The first-order valence-electron chi connectivity index (χ1n) is 10.8. The zero-order valence-corrected chi connectivity index (χ0v) is 19.2. The van der Waals surface area contributed by atoms with Gasteiger partial charge in [-0.25, -0.2) is 4.98 Å². The Morgan fingerprint density at radius 3 is 2.80 bits per heavy atom. The second-order valence-electron chi connectivity index (χ2n) is 9.37. The van der Waals surface area contributed by atoms with Gasteiger partial charge in [-0.3, -0.25) is 0 Å². The van der Waals surface area contributed by atoms with Crippen molar-refractivity contribution in [1.29, 1.82) is 0 Å². The van der Waals surface area contributed by atoms with Crippen LogP contribution in [0.1, 0.15) is 12.8 Å². The quantitative estimate of drug-likeness (QED) is 0.460. The third kappa shape index (κ3) is 4.71. The second-order valence-corrected chi connectivity index (χ2v) is 15.0. The first kappa shape index (κ1) is 21.0. The van der Waals surface area contributed by atoms with Crippen LogP contribution in [0.3, 0.4) is 0 Å². The lowest BCUT2D eigenvalue weighted by Gasteiger charge is -2.33. The number of hydrogen-bond donors (Lipinski definition) is 1. The third-order valence-electron chi connectivity index (χ3n) is 5.66. The maximum Gasteiger partial charge on any atom is 0.144 e. The van der Waals surface area contributed by atoms with Crippen molar-refractivity contribution in [2.45, 2.75) is 51.3 Å². The summed E-state index contributed by atoms with van der Waals surface area (Å²) >= 11 is 0. The zero-order chi connectivity index (χ0) is 21.1. The van der Waals surface area contributed by atoms with E-state index in [0.29, 0.717) is 6.73 Å². The molecule has 3 aromatic rings. The number of piperidine rings is 1. The number of fused-ring (bicyclic) bond motifs is 1. The van der Waals surface area contributed by atoms with E-state index in [4.69, 9.17) is 15.5 Å². The second kappa shape index (κ2) is 8.83. The summed E-state index contributed by atoms with van der Waals surface area (Å²) in [5, 5.41) is 9.17. The number of rotatable bonds is 7. The van der Waals surface area contributed by atoms with Gasteiger partial charge in [-0.05, 0) is 31.0 Å². The topological polar surface area (TPSA) is 82.1 Å². The third-order valence-corrected chi connectivity index (χ3v) is 7.36. The van der Waals surface area contributed by atoms with Gasteiger partial charge in [0.15, 0.2) is 0 Å². The molecule has 1 aliphatic rings. The predicted molar refractivity (Wildman–Crippen MR) is 124 cm³/mol. The molecule has 1 saturated heterocycles. The van der Waals surface area contributed by atoms with E-state index in [1.165, 1.54) is 5.69 Å². The summed E-state index contributed by atoms with van der Waals surface area (Å²) in [5.41, 5.74) is 10.5. The molecule has 0 saturated carbocycles. The molecule has 7 nitrogen and oxygen atoms in total. The van der Waals surface area contributed by atoms with Crippen LogP contribution >= 0.6 is 0 Å². The van der Waals surface area contributed by atoms with Gasteiger partial charge in [-0.1, -0.05) is 19.6 Å². The van der Waals surface area contributed by atoms with E-state index in [0.717, 1.165) is 60.7 Å². The van der Waals surface area contributed by atoms with Crippen LogP contribution in [-0.4, -0.2) is 53.6 Å². The maximum absolute atomic E-state index is 6.28. The average Bonchev–Trinajstić information content (AvgIpc) is 3.10. The lowest BCUT2D eigenvalue weighted by Crippen LogP contribution is -2.42. The van der Waals surface area contributed by atoms with E-state index >= 15 is 0 Å². The summed E-state index contributed by atoms with van der Waals surface area (Å²) in [6.45, 7) is 10.3. The number of aromatic nitrogens is 4. The van der Waals surface area contributed by atoms with Gasteiger partial charge in [-0.15, -0.1) is 0 Å². The van der Waals surface area contributed by atoms with E-state index < -0.39 is 8.07 Å². The lowest BCUT2D eigenvalue weighted by atomic mass is 10.0. The molecule has 2 N–H and O–H groups in total. The smallest absolute Gasteiger partial charge is 0.144 e. The first-order valence-corrected chi connectivity index (χ1v) is 14.5. The zero-order valence-electron chi connectivity index (χ0n) is 18.2. The van der Waals surface area contributed by atoms with Crippen LogP contribution < -0.4 is 10.6 Å². The molecule has 0 amide bonds. The molecule has 8 heteroatoms. The summed E-state index contributed by atoms with van der Waals surface area (Å²) in [4.78, 5) is 7.12. The fraction of sp³-hybridized carbons (Fsp3) is 0.500. The molecule has 0 bridgehead atoms. The first-order chi connectivity index (χ1) is 14.4. The minimum absolute atomic E-state index is 0.208. The predicted octanol–water partition coefficient (Wildman–Crippen LogP) is 3.73. The summed E-state index contributed by atoms with van der Waals surface area (Å²) < 4.78 is 8.17. The highest BCUT2D eigenvalue weighted by atomic mass is 28.3. The molecule has 0 radical (unpaired) electrons. The standard InChI is InChI=1S/C22H32N6OSi/c1-30(2,3)12-11-29-16-28-15-19(17-6-9-25-26-13-17)21-20(7-8-24-22(21)28)27-10-4-5-18(23)14-27/h6-9,13,15,18H,4-5,10-12,14,16,23H2,1-3H3/t18-/m0/s1. The Morgan fingerprint density at radius 1 is 1.20 bits per heavy atom. The van der Waals surface area contributed by atoms with E-state index in [1.807, 2.05) is 18.5 Å². The van der Waals surface area contributed by atoms with Crippen LogP contribution in [0.5, 0.6) is 0 Å². The van der Waals surface area contributed by atoms with Crippen molar-refractivity contribution in [2.75, 3.05) is 24.6 Å². The number of pyridine rings is 1. The molecular weight excluding hydrogens is 392 g/mol. The van der Waals surface area contributed by atoms with E-state index in [2.05, 4.69) is 51.6 Å². The Labute approximate surface area is 179 Å². The van der Waals surface area contributed by atoms with Crippen molar-refractivity contribution in [2.24, 2.45) is 5.73 Å². The van der Waals surface area contributed by atoms with Crippen molar-refractivity contribution < 1.29 is 4.74 Å². The van der Waals surface area contributed by atoms with Crippen molar-refractivity contribution in [3.05, 3.63) is 36.9 Å². The van der Waals surface area contributed by atoms with E-state index in [1.54, 1.807) is 6.20 Å². The van der Waals surface area contributed by atoms with Gasteiger partial charge in [0.25, 0.3) is 0 Å². The minimum atomic E-state index is -1.12. The molecular formula is C22H32N6OSi. The number of hydrogen-bond acceptors (Lipinski definition) is 6. The monoisotopic (exact) mass is 424 g/mol. The molecule has 0 spiro atoms. The Kier molecular flexibility index (Phi) is 6.17. The van der Waals surface area contributed by atoms with E-state index in [-0.39, 0.29) is 6.04 Å². The molecule has 1 atom stereocenters. The molecule has 160 valence electrons. The summed E-state index contributed by atoms with van der Waals surface area (Å²) in [6, 6.07) is 5.46. The average molecular weight is 425 g/mol. The van der Waals surface area contributed by atoms with Gasteiger partial charge in [0.05, 0.1) is 17.8 Å². The normalized spacial score (nSPS) is 17.6. The number of ether oxygens (including phenoxy) is 1. The van der Waals surface area contributed by atoms with Gasteiger partial charge < -0.3 is 19.9 Å². The molecule has 0 aromatic carbocycles. The summed E-state index contributed by atoms with van der Waals surface area (Å²) in [6.07, 6.45) is 9.76. The highest BCUT2D eigenvalue weighted by Crippen LogP contribution is 2.37. The number of nitrogens with two attached hydrogens (primary N) is 1. The van der Waals surface area contributed by atoms with E-state index in [9.17, 15) is 0 Å². The lowest BCUT2D eigenvalue weighted by molar-refractivity contribution is 0.0899. The molecule has 30 heavy (non-hydrogen) atoms. The summed E-state index contributed by atoms with van der Waals surface area (Å²) in [5.74, 6) is 0. The van der Waals surface area contributed by atoms with Crippen LogP contribution in [0.2, 0.25) is 25.7 Å². The van der Waals surface area contributed by atoms with Gasteiger partial charge in [-0.2, -0.15) is 10.2 Å². The molecule has 1 aliphatic heterocycles. The van der Waals surface area contributed by atoms with Crippen LogP contribution in [-0.2, 0) is 11.5 Å². The van der Waals surface area contributed by atoms with Crippen molar-refractivity contribution in [1.82, 2.24) is 19.7 Å². The summed E-state index contributed by atoms with van der Waals surface area (Å²) in [7, 11) is -1.12. The van der Waals surface area contributed by atoms with Gasteiger partial charge in [0.1, 0.15) is 12.4 Å². The molecule has 4 heterocycles. The molecule has 0 aliphatic carbocycles. The highest BCUT2D eigenvalue weighted by Gasteiger charge is 2.23. The fourth-order valence-corrected chi connectivity index (χ4v) is 4.76. The maximum atomic E-state index is 6.28. The van der Waals surface area contributed by atoms with Crippen LogP contribution in [0.15, 0.2) is 36.9 Å². The molecule has 0 unspecified atom stereocenters. The van der Waals surface area contributed by atoms with Gasteiger partial charge in [0.2, 0.25) is 0 Å². The number of nitrogens with zero attached hydrogens (tertiary/aromatic N) is 5. The van der Waals surface area contributed by atoms with Gasteiger partial charge in [0, 0.05) is 63.0 Å². The molecule has 3 aromatic heterocycles. The Balaban J connectivity index is 1.72.